The molecule has 0 atom stereocenters. The van der Waals surface area contributed by atoms with Gasteiger partial charge in [-0.25, -0.2) is 0 Å². The van der Waals surface area contributed by atoms with Gasteiger partial charge in [0.15, 0.2) is 5.78 Å². The lowest BCUT2D eigenvalue weighted by Gasteiger charge is -2.09. The van der Waals surface area contributed by atoms with Gasteiger partial charge in [0.2, 0.25) is 0 Å². The first-order chi connectivity index (χ1) is 8.99. The molecule has 0 saturated carbocycles. The number of aryl methyl sites for hydroxylation is 1. The van der Waals surface area contributed by atoms with Crippen LogP contribution < -0.4 is 0 Å². The smallest absolute Gasteiger partial charge is 0.167 e. The minimum absolute atomic E-state index is 0.102. The van der Waals surface area contributed by atoms with Crippen molar-refractivity contribution in [2.45, 2.75) is 20.3 Å². The second-order valence-corrected chi connectivity index (χ2v) is 5.91. The van der Waals surface area contributed by atoms with Crippen LogP contribution >= 0.6 is 27.5 Å². The van der Waals surface area contributed by atoms with Crippen molar-refractivity contribution >= 4 is 33.3 Å². The summed E-state index contributed by atoms with van der Waals surface area (Å²) in [6, 6.07) is 11.4. The molecule has 2 rings (SSSR count). The van der Waals surface area contributed by atoms with Gasteiger partial charge in [0.25, 0.3) is 0 Å². The fourth-order valence-electron chi connectivity index (χ4n) is 1.99. The van der Waals surface area contributed by atoms with Crippen LogP contribution in [-0.2, 0) is 6.42 Å². The van der Waals surface area contributed by atoms with Crippen LogP contribution in [0.5, 0.6) is 0 Å². The summed E-state index contributed by atoms with van der Waals surface area (Å²) in [6.07, 6.45) is 0.330. The SMILES string of the molecule is Cc1cccc(C(=O)Cc2ccc(Br)cc2Cl)c1C. The van der Waals surface area contributed by atoms with E-state index in [1.165, 1.54) is 0 Å². The molecular weight excluding hydrogens is 324 g/mol. The third-order valence-electron chi connectivity index (χ3n) is 3.27. The molecule has 3 heteroatoms. The molecule has 98 valence electrons. The fraction of sp³-hybridized carbons (Fsp3) is 0.188. The minimum Gasteiger partial charge on any atom is -0.294 e. The van der Waals surface area contributed by atoms with Gasteiger partial charge in [-0.2, -0.15) is 0 Å². The predicted molar refractivity (Wildman–Crippen MR) is 83.1 cm³/mol. The van der Waals surface area contributed by atoms with Crippen LogP contribution in [0.15, 0.2) is 40.9 Å². The first-order valence-corrected chi connectivity index (χ1v) is 7.19. The van der Waals surface area contributed by atoms with Crippen molar-refractivity contribution in [1.29, 1.82) is 0 Å². The molecule has 0 amide bonds. The van der Waals surface area contributed by atoms with E-state index in [9.17, 15) is 4.79 Å². The van der Waals surface area contributed by atoms with Crippen LogP contribution in [0.2, 0.25) is 5.02 Å². The molecule has 1 nitrogen and oxygen atoms in total. The zero-order valence-corrected chi connectivity index (χ0v) is 13.2. The summed E-state index contributed by atoms with van der Waals surface area (Å²) in [5.74, 6) is 0.102. The van der Waals surface area contributed by atoms with E-state index in [2.05, 4.69) is 15.9 Å². The van der Waals surface area contributed by atoms with E-state index in [0.29, 0.717) is 11.4 Å². The highest BCUT2D eigenvalue weighted by molar-refractivity contribution is 9.10. The average Bonchev–Trinajstić information content (AvgIpc) is 2.36. The summed E-state index contributed by atoms with van der Waals surface area (Å²) < 4.78 is 0.917. The highest BCUT2D eigenvalue weighted by atomic mass is 79.9. The Hall–Kier alpha value is -1.12. The van der Waals surface area contributed by atoms with Crippen molar-refractivity contribution in [3.63, 3.8) is 0 Å². The monoisotopic (exact) mass is 336 g/mol. The number of benzene rings is 2. The fourth-order valence-corrected chi connectivity index (χ4v) is 2.73. The lowest BCUT2D eigenvalue weighted by molar-refractivity contribution is 0.0992. The Kier molecular flexibility index (Phi) is 4.43. The number of Topliss-reactive ketones (excluding diaryl/α,β-unsaturated/α-hetero) is 1. The summed E-state index contributed by atoms with van der Waals surface area (Å²) >= 11 is 9.51. The molecule has 0 aromatic heterocycles. The van der Waals surface area contributed by atoms with E-state index in [4.69, 9.17) is 11.6 Å². The molecule has 0 fully saturated rings. The maximum Gasteiger partial charge on any atom is 0.167 e. The maximum atomic E-state index is 12.4. The number of ketones is 1. The van der Waals surface area contributed by atoms with Gasteiger partial charge in [0, 0.05) is 21.5 Å². The molecule has 0 heterocycles. The number of halogens is 2. The Morgan fingerprint density at radius 3 is 2.63 bits per heavy atom. The number of carbonyl (C=O) groups excluding carboxylic acids is 1. The summed E-state index contributed by atoms with van der Waals surface area (Å²) in [5.41, 5.74) is 3.81. The van der Waals surface area contributed by atoms with Crippen molar-refractivity contribution < 1.29 is 4.79 Å². The quantitative estimate of drug-likeness (QED) is 0.708. The van der Waals surface area contributed by atoms with Crippen LogP contribution in [-0.4, -0.2) is 5.78 Å². The first-order valence-electron chi connectivity index (χ1n) is 6.02. The number of hydrogen-bond acceptors (Lipinski definition) is 1. The lowest BCUT2D eigenvalue weighted by Crippen LogP contribution is -2.07. The Bertz CT molecular complexity index is 635. The van der Waals surface area contributed by atoms with Gasteiger partial charge in [0.1, 0.15) is 0 Å². The summed E-state index contributed by atoms with van der Waals surface area (Å²) in [7, 11) is 0. The summed E-state index contributed by atoms with van der Waals surface area (Å²) in [6.45, 7) is 3.99. The standard InChI is InChI=1S/C16H14BrClO/c1-10-4-3-5-14(11(10)2)16(19)8-12-6-7-13(17)9-15(12)18/h3-7,9H,8H2,1-2H3. The van der Waals surface area contributed by atoms with Crippen LogP contribution in [0, 0.1) is 13.8 Å². The van der Waals surface area contributed by atoms with Crippen molar-refractivity contribution in [3.05, 3.63) is 68.1 Å². The van der Waals surface area contributed by atoms with E-state index in [1.54, 1.807) is 0 Å². The molecule has 0 aliphatic rings. The second-order valence-electron chi connectivity index (χ2n) is 4.58. The molecule has 0 unspecified atom stereocenters. The molecule has 2 aromatic rings. The van der Waals surface area contributed by atoms with E-state index in [-0.39, 0.29) is 5.78 Å². The zero-order valence-electron chi connectivity index (χ0n) is 10.8. The molecule has 2 aromatic carbocycles. The number of carbonyl (C=O) groups is 1. The molecule has 0 bridgehead atoms. The number of hydrogen-bond donors (Lipinski definition) is 0. The first kappa shape index (κ1) is 14.3. The van der Waals surface area contributed by atoms with Gasteiger partial charge in [-0.05, 0) is 42.7 Å². The van der Waals surface area contributed by atoms with E-state index in [1.807, 2.05) is 50.2 Å². The molecule has 0 aliphatic heterocycles. The average molecular weight is 338 g/mol. The Morgan fingerprint density at radius 1 is 1.21 bits per heavy atom. The third-order valence-corrected chi connectivity index (χ3v) is 4.12. The molecule has 0 radical (unpaired) electrons. The van der Waals surface area contributed by atoms with Crippen molar-refractivity contribution in [1.82, 2.24) is 0 Å². The molecule has 0 N–H and O–H groups in total. The minimum atomic E-state index is 0.102. The Morgan fingerprint density at radius 2 is 1.95 bits per heavy atom. The normalized spacial score (nSPS) is 10.5. The van der Waals surface area contributed by atoms with E-state index in [0.717, 1.165) is 26.7 Å². The predicted octanol–water partition coefficient (Wildman–Crippen LogP) is 5.14. The number of rotatable bonds is 3. The van der Waals surface area contributed by atoms with Crippen LogP contribution in [0.1, 0.15) is 27.0 Å². The molecule has 19 heavy (non-hydrogen) atoms. The highest BCUT2D eigenvalue weighted by Gasteiger charge is 2.12. The Labute approximate surface area is 126 Å². The molecule has 0 saturated heterocycles. The van der Waals surface area contributed by atoms with Gasteiger partial charge in [0.05, 0.1) is 0 Å². The van der Waals surface area contributed by atoms with Crippen molar-refractivity contribution in [2.75, 3.05) is 0 Å². The lowest BCUT2D eigenvalue weighted by atomic mass is 9.96. The summed E-state index contributed by atoms with van der Waals surface area (Å²) in [4.78, 5) is 12.4. The molecule has 0 aliphatic carbocycles. The van der Waals surface area contributed by atoms with Crippen molar-refractivity contribution in [3.8, 4) is 0 Å². The van der Waals surface area contributed by atoms with Crippen molar-refractivity contribution in [2.24, 2.45) is 0 Å². The highest BCUT2D eigenvalue weighted by Crippen LogP contribution is 2.23. The van der Waals surface area contributed by atoms with E-state index >= 15 is 0 Å². The zero-order chi connectivity index (χ0) is 14.0. The third kappa shape index (κ3) is 3.26. The second kappa shape index (κ2) is 5.89. The Balaban J connectivity index is 2.28. The van der Waals surface area contributed by atoms with Gasteiger partial charge < -0.3 is 0 Å². The van der Waals surface area contributed by atoms with Gasteiger partial charge in [-0.15, -0.1) is 0 Å². The van der Waals surface area contributed by atoms with Gasteiger partial charge in [-0.1, -0.05) is 51.8 Å². The van der Waals surface area contributed by atoms with Crippen LogP contribution in [0.25, 0.3) is 0 Å². The summed E-state index contributed by atoms with van der Waals surface area (Å²) in [5, 5.41) is 0.619. The van der Waals surface area contributed by atoms with Crippen LogP contribution in [0.3, 0.4) is 0 Å². The maximum absolute atomic E-state index is 12.4. The molecular formula is C16H14BrClO. The van der Waals surface area contributed by atoms with E-state index < -0.39 is 0 Å². The van der Waals surface area contributed by atoms with Gasteiger partial charge >= 0.3 is 0 Å². The molecule has 0 spiro atoms. The van der Waals surface area contributed by atoms with Gasteiger partial charge in [-0.3, -0.25) is 4.79 Å². The van der Waals surface area contributed by atoms with Crippen LogP contribution in [0.4, 0.5) is 0 Å². The largest absolute Gasteiger partial charge is 0.294 e. The topological polar surface area (TPSA) is 17.1 Å².